The summed E-state index contributed by atoms with van der Waals surface area (Å²) in [4.78, 5) is 40.4. The van der Waals surface area contributed by atoms with Gasteiger partial charge in [0.1, 0.15) is 5.41 Å². The van der Waals surface area contributed by atoms with Crippen molar-refractivity contribution in [2.75, 3.05) is 38.1 Å². The first-order valence-electron chi connectivity index (χ1n) is 8.82. The number of nitriles is 1. The van der Waals surface area contributed by atoms with Crippen LogP contribution < -0.4 is 5.32 Å². The highest BCUT2D eigenvalue weighted by molar-refractivity contribution is 6.09. The molecule has 0 unspecified atom stereocenters. The molecule has 0 saturated carbocycles. The molecule has 1 N–H and O–H groups in total. The van der Waals surface area contributed by atoms with E-state index in [1.54, 1.807) is 54.8 Å². The van der Waals surface area contributed by atoms with Gasteiger partial charge in [-0.2, -0.15) is 5.26 Å². The summed E-state index contributed by atoms with van der Waals surface area (Å²) < 4.78 is 4.96. The second kappa shape index (κ2) is 8.54. The summed E-state index contributed by atoms with van der Waals surface area (Å²) >= 11 is 0. The first kappa shape index (κ1) is 20.2. The minimum absolute atomic E-state index is 0.304. The van der Waals surface area contributed by atoms with E-state index in [-0.39, 0.29) is 12.0 Å². The van der Waals surface area contributed by atoms with Crippen molar-refractivity contribution in [2.45, 2.75) is 20.8 Å². The lowest BCUT2D eigenvalue weighted by atomic mass is 9.89. The van der Waals surface area contributed by atoms with E-state index in [2.05, 4.69) is 5.32 Å². The van der Waals surface area contributed by atoms with Gasteiger partial charge < -0.3 is 19.9 Å². The van der Waals surface area contributed by atoms with E-state index in [9.17, 15) is 14.4 Å². The molecule has 0 aromatic heterocycles. The highest BCUT2D eigenvalue weighted by atomic mass is 16.6. The maximum atomic E-state index is 12.9. The fourth-order valence-electron chi connectivity index (χ4n) is 2.75. The molecule has 1 aliphatic heterocycles. The van der Waals surface area contributed by atoms with E-state index in [0.29, 0.717) is 44.0 Å². The lowest BCUT2D eigenvalue weighted by Crippen LogP contribution is -2.55. The van der Waals surface area contributed by atoms with E-state index in [1.165, 1.54) is 0 Å². The van der Waals surface area contributed by atoms with E-state index >= 15 is 0 Å². The zero-order valence-corrected chi connectivity index (χ0v) is 15.8. The Balaban J connectivity index is 1.99. The second-order valence-electron chi connectivity index (χ2n) is 6.75. The van der Waals surface area contributed by atoms with Crippen molar-refractivity contribution in [1.82, 2.24) is 9.80 Å². The molecule has 144 valence electrons. The number of nitrogens with zero attached hydrogens (tertiary/aromatic N) is 3. The quantitative estimate of drug-likeness (QED) is 0.812. The third-order valence-electron chi connectivity index (χ3n) is 4.44. The standard InChI is InChI=1S/C19H24N4O4/c1-4-27-18(26)23-10-8-22(9-11-23)17(25)19(2,3)16(24)21-15-7-5-6-14(12-15)13-20/h5-7,12H,4,8-11H2,1-3H3,(H,21,24). The molecule has 27 heavy (non-hydrogen) atoms. The summed E-state index contributed by atoms with van der Waals surface area (Å²) in [5.41, 5.74) is -0.395. The van der Waals surface area contributed by atoms with Crippen LogP contribution in [0.15, 0.2) is 24.3 Å². The van der Waals surface area contributed by atoms with Crippen LogP contribution in [0.2, 0.25) is 0 Å². The third kappa shape index (κ3) is 4.76. The van der Waals surface area contributed by atoms with Gasteiger partial charge in [-0.05, 0) is 39.0 Å². The minimum atomic E-state index is -1.28. The summed E-state index contributed by atoms with van der Waals surface area (Å²) in [7, 11) is 0. The summed E-state index contributed by atoms with van der Waals surface area (Å²) in [5.74, 6) is -0.754. The molecule has 1 aromatic rings. The Hall–Kier alpha value is -3.08. The van der Waals surface area contributed by atoms with Gasteiger partial charge in [-0.25, -0.2) is 4.79 Å². The summed E-state index contributed by atoms with van der Waals surface area (Å²) in [5, 5.41) is 11.6. The number of carbonyl (C=O) groups excluding carboxylic acids is 3. The van der Waals surface area contributed by atoms with Crippen LogP contribution in [0.5, 0.6) is 0 Å². The van der Waals surface area contributed by atoms with Gasteiger partial charge >= 0.3 is 6.09 Å². The SMILES string of the molecule is CCOC(=O)N1CCN(C(=O)C(C)(C)C(=O)Nc2cccc(C#N)c2)CC1. The number of ether oxygens (including phenoxy) is 1. The average Bonchev–Trinajstić information content (AvgIpc) is 2.67. The van der Waals surface area contributed by atoms with Gasteiger partial charge in [-0.3, -0.25) is 9.59 Å². The van der Waals surface area contributed by atoms with Crippen LogP contribution in [0.1, 0.15) is 26.3 Å². The number of nitrogens with one attached hydrogen (secondary N) is 1. The number of anilines is 1. The first-order valence-corrected chi connectivity index (χ1v) is 8.82. The Morgan fingerprint density at radius 3 is 2.41 bits per heavy atom. The molecule has 8 nitrogen and oxygen atoms in total. The molecule has 1 saturated heterocycles. The van der Waals surface area contributed by atoms with Crippen molar-refractivity contribution in [3.63, 3.8) is 0 Å². The number of benzene rings is 1. The molecule has 1 aromatic carbocycles. The Labute approximate surface area is 158 Å². The predicted octanol–water partition coefficient (Wildman–Crippen LogP) is 1.82. The fourth-order valence-corrected chi connectivity index (χ4v) is 2.75. The van der Waals surface area contributed by atoms with Crippen molar-refractivity contribution in [3.05, 3.63) is 29.8 Å². The van der Waals surface area contributed by atoms with Crippen LogP contribution in [0, 0.1) is 16.7 Å². The van der Waals surface area contributed by atoms with Crippen molar-refractivity contribution in [1.29, 1.82) is 5.26 Å². The molecule has 0 spiro atoms. The monoisotopic (exact) mass is 372 g/mol. The van der Waals surface area contributed by atoms with Gasteiger partial charge in [0.25, 0.3) is 0 Å². The molecule has 1 fully saturated rings. The van der Waals surface area contributed by atoms with E-state index in [0.717, 1.165) is 0 Å². The normalized spacial score (nSPS) is 14.3. The highest BCUT2D eigenvalue weighted by Crippen LogP contribution is 2.23. The first-order chi connectivity index (χ1) is 12.8. The van der Waals surface area contributed by atoms with Gasteiger partial charge in [0.15, 0.2) is 0 Å². The number of piperazine rings is 1. The van der Waals surface area contributed by atoms with Crippen molar-refractivity contribution < 1.29 is 19.1 Å². The molecule has 1 heterocycles. The molecule has 0 radical (unpaired) electrons. The van der Waals surface area contributed by atoms with Crippen LogP contribution in [0.3, 0.4) is 0 Å². The van der Waals surface area contributed by atoms with Gasteiger partial charge in [0.2, 0.25) is 11.8 Å². The second-order valence-corrected chi connectivity index (χ2v) is 6.75. The molecular weight excluding hydrogens is 348 g/mol. The zero-order valence-electron chi connectivity index (χ0n) is 15.8. The summed E-state index contributed by atoms with van der Waals surface area (Å²) in [6.45, 7) is 6.60. The molecule has 0 aliphatic carbocycles. The number of hydrogen-bond donors (Lipinski definition) is 1. The Morgan fingerprint density at radius 1 is 1.19 bits per heavy atom. The number of amides is 3. The molecule has 3 amide bonds. The van der Waals surface area contributed by atoms with Crippen LogP contribution in [-0.4, -0.2) is 60.5 Å². The van der Waals surface area contributed by atoms with Gasteiger partial charge in [-0.15, -0.1) is 0 Å². The molecule has 1 aliphatic rings. The summed E-state index contributed by atoms with van der Waals surface area (Å²) in [6.07, 6.45) is -0.390. The van der Waals surface area contributed by atoms with Gasteiger partial charge in [-0.1, -0.05) is 6.07 Å². The molecule has 2 rings (SSSR count). The Kier molecular flexibility index (Phi) is 6.40. The predicted molar refractivity (Wildman–Crippen MR) is 98.7 cm³/mol. The number of rotatable bonds is 4. The molecular formula is C19H24N4O4. The number of hydrogen-bond acceptors (Lipinski definition) is 5. The van der Waals surface area contributed by atoms with Gasteiger partial charge in [0.05, 0.1) is 18.2 Å². The average molecular weight is 372 g/mol. The van der Waals surface area contributed by atoms with E-state index in [1.807, 2.05) is 6.07 Å². The van der Waals surface area contributed by atoms with Crippen LogP contribution in [-0.2, 0) is 14.3 Å². The minimum Gasteiger partial charge on any atom is -0.450 e. The lowest BCUT2D eigenvalue weighted by Gasteiger charge is -2.37. The van der Waals surface area contributed by atoms with Crippen molar-refractivity contribution in [2.24, 2.45) is 5.41 Å². The molecule has 8 heteroatoms. The topological polar surface area (TPSA) is 103 Å². The van der Waals surface area contributed by atoms with Gasteiger partial charge in [0, 0.05) is 31.9 Å². The van der Waals surface area contributed by atoms with Crippen molar-refractivity contribution >= 4 is 23.6 Å². The zero-order chi connectivity index (χ0) is 20.0. The van der Waals surface area contributed by atoms with Crippen LogP contribution in [0.4, 0.5) is 10.5 Å². The largest absolute Gasteiger partial charge is 0.450 e. The summed E-state index contributed by atoms with van der Waals surface area (Å²) in [6, 6.07) is 8.52. The van der Waals surface area contributed by atoms with Crippen molar-refractivity contribution in [3.8, 4) is 6.07 Å². The smallest absolute Gasteiger partial charge is 0.409 e. The third-order valence-corrected chi connectivity index (χ3v) is 4.44. The van der Waals surface area contributed by atoms with Crippen LogP contribution in [0.25, 0.3) is 0 Å². The van der Waals surface area contributed by atoms with E-state index in [4.69, 9.17) is 10.00 Å². The Morgan fingerprint density at radius 2 is 1.81 bits per heavy atom. The van der Waals surface area contributed by atoms with Crippen LogP contribution >= 0.6 is 0 Å². The highest BCUT2D eigenvalue weighted by Gasteiger charge is 2.40. The fraction of sp³-hybridized carbons (Fsp3) is 0.474. The maximum Gasteiger partial charge on any atom is 0.409 e. The van der Waals surface area contributed by atoms with E-state index < -0.39 is 11.3 Å². The number of carbonyl (C=O) groups is 3. The Bertz CT molecular complexity index is 761. The maximum absolute atomic E-state index is 12.9. The molecule has 0 atom stereocenters. The molecule has 0 bridgehead atoms. The lowest BCUT2D eigenvalue weighted by molar-refractivity contribution is -0.147.